The predicted molar refractivity (Wildman–Crippen MR) is 130 cm³/mol. The maximum Gasteiger partial charge on any atom is 0.191 e. The highest BCUT2D eigenvalue weighted by Crippen LogP contribution is 2.26. The van der Waals surface area contributed by atoms with Crippen molar-refractivity contribution in [2.75, 3.05) is 66.0 Å². The smallest absolute Gasteiger partial charge is 0.191 e. The Hall–Kier alpha value is -0.120. The molecule has 1 unspecified atom stereocenters. The molecular formula is C21H43IN6. The topological polar surface area (TPSA) is 46.1 Å². The summed E-state index contributed by atoms with van der Waals surface area (Å²) < 4.78 is 0. The van der Waals surface area contributed by atoms with Crippen LogP contribution in [0.5, 0.6) is 0 Å². The van der Waals surface area contributed by atoms with Crippen molar-refractivity contribution in [3.05, 3.63) is 0 Å². The molecule has 6 nitrogen and oxygen atoms in total. The first-order valence-corrected chi connectivity index (χ1v) is 11.4. The molecule has 3 aliphatic rings. The van der Waals surface area contributed by atoms with Crippen molar-refractivity contribution in [2.45, 2.75) is 64.0 Å². The number of guanidine groups is 1. The summed E-state index contributed by atoms with van der Waals surface area (Å²) in [7, 11) is 2.22. The van der Waals surface area contributed by atoms with Crippen molar-refractivity contribution in [3.63, 3.8) is 0 Å². The third-order valence-corrected chi connectivity index (χ3v) is 6.49. The van der Waals surface area contributed by atoms with Crippen LogP contribution in [0.25, 0.3) is 0 Å². The molecule has 0 bridgehead atoms. The van der Waals surface area contributed by atoms with E-state index in [2.05, 4.69) is 39.3 Å². The van der Waals surface area contributed by atoms with Gasteiger partial charge >= 0.3 is 0 Å². The Labute approximate surface area is 189 Å². The van der Waals surface area contributed by atoms with Gasteiger partial charge in [-0.05, 0) is 52.6 Å². The van der Waals surface area contributed by atoms with Crippen LogP contribution in [0.1, 0.15) is 51.9 Å². The van der Waals surface area contributed by atoms with Gasteiger partial charge in [-0.15, -0.1) is 24.0 Å². The second-order valence-electron chi connectivity index (χ2n) is 8.68. The Balaban J connectivity index is 0.00000280. The van der Waals surface area contributed by atoms with Gasteiger partial charge in [0.2, 0.25) is 0 Å². The number of likely N-dealkylation sites (tertiary alicyclic amines) is 1. The van der Waals surface area contributed by atoms with E-state index in [0.717, 1.165) is 25.1 Å². The van der Waals surface area contributed by atoms with E-state index >= 15 is 0 Å². The average molecular weight is 507 g/mol. The van der Waals surface area contributed by atoms with Gasteiger partial charge in [-0.2, -0.15) is 0 Å². The van der Waals surface area contributed by atoms with Crippen LogP contribution in [0.2, 0.25) is 0 Å². The molecule has 2 N–H and O–H groups in total. The van der Waals surface area contributed by atoms with Gasteiger partial charge in [-0.1, -0.05) is 12.8 Å². The van der Waals surface area contributed by atoms with Crippen molar-refractivity contribution in [1.29, 1.82) is 0 Å². The van der Waals surface area contributed by atoms with Crippen LogP contribution in [0.3, 0.4) is 0 Å². The summed E-state index contributed by atoms with van der Waals surface area (Å²) in [5.41, 5.74) is 0. The van der Waals surface area contributed by atoms with Crippen LogP contribution in [0, 0.1) is 0 Å². The molecule has 1 atom stereocenters. The Bertz CT molecular complexity index is 446. The number of unbranched alkanes of at least 4 members (excludes halogenated alkanes) is 1. The summed E-state index contributed by atoms with van der Waals surface area (Å²) in [4.78, 5) is 12.6. The first-order valence-electron chi connectivity index (χ1n) is 11.4. The quantitative estimate of drug-likeness (QED) is 0.229. The molecule has 0 aromatic rings. The van der Waals surface area contributed by atoms with Gasteiger partial charge in [0.25, 0.3) is 0 Å². The number of likely N-dealkylation sites (N-methyl/N-ethyl adjacent to an activating group) is 1. The third kappa shape index (κ3) is 7.95. The van der Waals surface area contributed by atoms with Crippen LogP contribution in [0.4, 0.5) is 0 Å². The number of piperazine rings is 1. The second kappa shape index (κ2) is 13.2. The second-order valence-corrected chi connectivity index (χ2v) is 8.68. The van der Waals surface area contributed by atoms with E-state index in [1.54, 1.807) is 0 Å². The van der Waals surface area contributed by atoms with Gasteiger partial charge in [0.1, 0.15) is 0 Å². The predicted octanol–water partition coefficient (Wildman–Crippen LogP) is 2.20. The van der Waals surface area contributed by atoms with Crippen molar-refractivity contribution >= 4 is 29.9 Å². The number of hydrogen-bond donors (Lipinski definition) is 2. The van der Waals surface area contributed by atoms with E-state index in [1.807, 2.05) is 0 Å². The minimum Gasteiger partial charge on any atom is -0.357 e. The number of halogens is 1. The zero-order valence-electron chi connectivity index (χ0n) is 18.2. The molecule has 2 heterocycles. The molecule has 164 valence electrons. The zero-order valence-corrected chi connectivity index (χ0v) is 20.5. The average Bonchev–Trinajstić information content (AvgIpc) is 3.34. The van der Waals surface area contributed by atoms with Gasteiger partial charge in [-0.3, -0.25) is 9.89 Å². The summed E-state index contributed by atoms with van der Waals surface area (Å²) in [6, 6.07) is 1.42. The lowest BCUT2D eigenvalue weighted by Crippen LogP contribution is -2.45. The molecule has 2 aliphatic heterocycles. The number of nitrogens with zero attached hydrogens (tertiary/aromatic N) is 4. The SMILES string of the molecule is CCNC(=NCCCCN1CCN(C)CC1)NC1CCN(C2CCCC2)C1.I. The molecule has 0 aromatic carbocycles. The number of rotatable bonds is 8. The van der Waals surface area contributed by atoms with Crippen LogP contribution < -0.4 is 10.6 Å². The molecule has 2 saturated heterocycles. The molecular weight excluding hydrogens is 463 g/mol. The van der Waals surface area contributed by atoms with E-state index in [1.165, 1.54) is 90.8 Å². The van der Waals surface area contributed by atoms with E-state index in [9.17, 15) is 0 Å². The largest absolute Gasteiger partial charge is 0.357 e. The minimum absolute atomic E-state index is 0. The first kappa shape index (κ1) is 24.2. The maximum absolute atomic E-state index is 4.84. The molecule has 0 radical (unpaired) electrons. The molecule has 7 heteroatoms. The Kier molecular flexibility index (Phi) is 11.4. The fourth-order valence-electron chi connectivity index (χ4n) is 4.73. The van der Waals surface area contributed by atoms with Crippen LogP contribution in [0.15, 0.2) is 4.99 Å². The van der Waals surface area contributed by atoms with Crippen LogP contribution in [-0.4, -0.2) is 98.7 Å². The first-order chi connectivity index (χ1) is 13.2. The van der Waals surface area contributed by atoms with Gasteiger partial charge in [0, 0.05) is 64.4 Å². The molecule has 28 heavy (non-hydrogen) atoms. The Morgan fingerprint density at radius 3 is 2.46 bits per heavy atom. The van der Waals surface area contributed by atoms with Gasteiger partial charge in [0.05, 0.1) is 0 Å². The van der Waals surface area contributed by atoms with Crippen molar-refractivity contribution in [2.24, 2.45) is 4.99 Å². The highest BCUT2D eigenvalue weighted by atomic mass is 127. The van der Waals surface area contributed by atoms with Crippen molar-refractivity contribution < 1.29 is 0 Å². The Morgan fingerprint density at radius 2 is 1.75 bits per heavy atom. The number of aliphatic imine (C=N–C) groups is 1. The summed E-state index contributed by atoms with van der Waals surface area (Å²) in [5.74, 6) is 1.02. The highest BCUT2D eigenvalue weighted by molar-refractivity contribution is 14.0. The van der Waals surface area contributed by atoms with Crippen molar-refractivity contribution in [1.82, 2.24) is 25.3 Å². The summed E-state index contributed by atoms with van der Waals surface area (Å²) >= 11 is 0. The normalized spacial score (nSPS) is 25.8. The van der Waals surface area contributed by atoms with E-state index in [4.69, 9.17) is 4.99 Å². The standard InChI is InChI=1S/C21H42N6.HI/c1-3-22-21(23-11-6-7-12-26-16-14-25(2)15-17-26)24-19-10-13-27(18-19)20-8-4-5-9-20;/h19-20H,3-18H2,1-2H3,(H2,22,23,24);1H. The summed E-state index contributed by atoms with van der Waals surface area (Å²) in [6.07, 6.45) is 9.37. The highest BCUT2D eigenvalue weighted by Gasteiger charge is 2.30. The van der Waals surface area contributed by atoms with Gasteiger partial charge < -0.3 is 20.4 Å². The van der Waals surface area contributed by atoms with E-state index < -0.39 is 0 Å². The zero-order chi connectivity index (χ0) is 18.9. The van der Waals surface area contributed by atoms with E-state index in [0.29, 0.717) is 6.04 Å². The summed E-state index contributed by atoms with van der Waals surface area (Å²) in [6.45, 7) is 12.6. The lowest BCUT2D eigenvalue weighted by molar-refractivity contribution is 0.152. The lowest BCUT2D eigenvalue weighted by Gasteiger charge is -2.32. The fraction of sp³-hybridized carbons (Fsp3) is 0.952. The molecule has 0 spiro atoms. The van der Waals surface area contributed by atoms with Crippen molar-refractivity contribution in [3.8, 4) is 0 Å². The molecule has 0 aromatic heterocycles. The molecule has 1 aliphatic carbocycles. The van der Waals surface area contributed by atoms with E-state index in [-0.39, 0.29) is 24.0 Å². The number of hydrogen-bond acceptors (Lipinski definition) is 4. The fourth-order valence-corrected chi connectivity index (χ4v) is 4.73. The van der Waals surface area contributed by atoms with Crippen LogP contribution >= 0.6 is 24.0 Å². The van der Waals surface area contributed by atoms with Gasteiger partial charge in [-0.25, -0.2) is 0 Å². The molecule has 1 saturated carbocycles. The summed E-state index contributed by atoms with van der Waals surface area (Å²) in [5, 5.41) is 7.14. The third-order valence-electron chi connectivity index (χ3n) is 6.49. The molecule has 0 amide bonds. The van der Waals surface area contributed by atoms with Crippen LogP contribution in [-0.2, 0) is 0 Å². The number of nitrogens with one attached hydrogen (secondary N) is 2. The minimum atomic E-state index is 0. The Morgan fingerprint density at radius 1 is 1.00 bits per heavy atom. The lowest BCUT2D eigenvalue weighted by atomic mass is 10.2. The molecule has 3 rings (SSSR count). The monoisotopic (exact) mass is 506 g/mol. The molecule has 3 fully saturated rings. The maximum atomic E-state index is 4.84. The van der Waals surface area contributed by atoms with Gasteiger partial charge in [0.15, 0.2) is 5.96 Å².